The van der Waals surface area contributed by atoms with Crippen molar-refractivity contribution in [1.82, 2.24) is 10.3 Å². The van der Waals surface area contributed by atoms with Gasteiger partial charge in [-0.2, -0.15) is 0 Å². The van der Waals surface area contributed by atoms with Crippen LogP contribution in [0.25, 0.3) is 10.6 Å². The second-order valence-corrected chi connectivity index (χ2v) is 5.37. The minimum Gasteiger partial charge on any atom is -0.366 e. The zero-order chi connectivity index (χ0) is 13.8. The molecule has 1 aromatic heterocycles. The first-order valence-electron chi connectivity index (χ1n) is 6.46. The lowest BCUT2D eigenvalue weighted by atomic mass is 10.2. The number of amides is 1. The maximum Gasteiger partial charge on any atom is 0.254 e. The molecule has 0 spiro atoms. The van der Waals surface area contributed by atoms with Gasteiger partial charge in [-0.05, 0) is 12.1 Å². The van der Waals surface area contributed by atoms with Crippen LogP contribution in [0, 0.1) is 0 Å². The van der Waals surface area contributed by atoms with Gasteiger partial charge >= 0.3 is 0 Å². The number of hydrogen-bond acceptors (Lipinski definition) is 5. The van der Waals surface area contributed by atoms with E-state index in [0.29, 0.717) is 13.2 Å². The fourth-order valence-electron chi connectivity index (χ4n) is 2.05. The van der Waals surface area contributed by atoms with E-state index >= 15 is 0 Å². The monoisotopic (exact) mass is 289 g/mol. The van der Waals surface area contributed by atoms with Crippen molar-refractivity contribution in [2.75, 3.05) is 25.0 Å². The first-order valence-corrected chi connectivity index (χ1v) is 7.34. The van der Waals surface area contributed by atoms with Crippen LogP contribution in [0.5, 0.6) is 0 Å². The van der Waals surface area contributed by atoms with E-state index in [9.17, 15) is 4.79 Å². The van der Waals surface area contributed by atoms with Crippen LogP contribution in [0.3, 0.4) is 0 Å². The van der Waals surface area contributed by atoms with E-state index in [1.54, 1.807) is 17.5 Å². The Morgan fingerprint density at radius 1 is 1.50 bits per heavy atom. The van der Waals surface area contributed by atoms with Crippen LogP contribution in [0.1, 0.15) is 0 Å². The molecule has 0 radical (unpaired) electrons. The van der Waals surface area contributed by atoms with E-state index in [1.165, 1.54) is 0 Å². The average molecular weight is 289 g/mol. The van der Waals surface area contributed by atoms with Gasteiger partial charge in [-0.1, -0.05) is 12.1 Å². The van der Waals surface area contributed by atoms with E-state index in [4.69, 9.17) is 4.74 Å². The Balaban J connectivity index is 1.71. The summed E-state index contributed by atoms with van der Waals surface area (Å²) < 4.78 is 5.43. The highest BCUT2D eigenvalue weighted by Gasteiger charge is 2.21. The number of aromatic nitrogens is 1. The molecule has 104 valence electrons. The molecule has 2 aromatic rings. The number of anilines is 1. The molecule has 1 saturated heterocycles. The molecule has 2 heterocycles. The molecule has 2 N–H and O–H groups in total. The Hall–Kier alpha value is -1.76. The predicted molar refractivity (Wildman–Crippen MR) is 78.8 cm³/mol. The summed E-state index contributed by atoms with van der Waals surface area (Å²) in [6.45, 7) is 1.92. The van der Waals surface area contributed by atoms with Crippen molar-refractivity contribution < 1.29 is 9.53 Å². The third-order valence-corrected chi connectivity index (χ3v) is 3.85. The van der Waals surface area contributed by atoms with Crippen LogP contribution in [0.2, 0.25) is 0 Å². The van der Waals surface area contributed by atoms with Crippen LogP contribution < -0.4 is 10.6 Å². The fraction of sp³-hybridized carbons (Fsp3) is 0.286. The molecule has 1 atom stereocenters. The Bertz CT molecular complexity index is 580. The van der Waals surface area contributed by atoms with Gasteiger partial charge in [0.2, 0.25) is 0 Å². The second-order valence-electron chi connectivity index (χ2n) is 4.47. The molecule has 1 fully saturated rings. The molecule has 3 rings (SSSR count). The zero-order valence-corrected chi connectivity index (χ0v) is 11.7. The second kappa shape index (κ2) is 6.13. The Morgan fingerprint density at radius 2 is 2.45 bits per heavy atom. The summed E-state index contributed by atoms with van der Waals surface area (Å²) in [7, 11) is 0. The third kappa shape index (κ3) is 3.04. The first-order chi connectivity index (χ1) is 9.83. The SMILES string of the molecule is O=C(Nc1cccc(-c2nccs2)c1)C1CNCCO1. The minimum atomic E-state index is -0.424. The van der Waals surface area contributed by atoms with Crippen molar-refractivity contribution in [3.63, 3.8) is 0 Å². The number of carbonyl (C=O) groups excluding carboxylic acids is 1. The molecule has 6 heteroatoms. The molecule has 1 amide bonds. The van der Waals surface area contributed by atoms with E-state index in [0.717, 1.165) is 22.8 Å². The Kier molecular flexibility index (Phi) is 4.05. The average Bonchev–Trinajstić information content (AvgIpc) is 3.03. The number of benzene rings is 1. The van der Waals surface area contributed by atoms with E-state index in [-0.39, 0.29) is 5.91 Å². The number of hydrogen-bond donors (Lipinski definition) is 2. The number of rotatable bonds is 3. The zero-order valence-electron chi connectivity index (χ0n) is 10.8. The van der Waals surface area contributed by atoms with Gasteiger partial charge < -0.3 is 15.4 Å². The van der Waals surface area contributed by atoms with Crippen molar-refractivity contribution in [2.24, 2.45) is 0 Å². The molecule has 0 saturated carbocycles. The summed E-state index contributed by atoms with van der Waals surface area (Å²) in [5, 5.41) is 8.90. The van der Waals surface area contributed by atoms with Gasteiger partial charge in [0, 0.05) is 35.9 Å². The topological polar surface area (TPSA) is 63.2 Å². The van der Waals surface area contributed by atoms with Gasteiger partial charge in [-0.15, -0.1) is 11.3 Å². The lowest BCUT2D eigenvalue weighted by Gasteiger charge is -2.22. The lowest BCUT2D eigenvalue weighted by Crippen LogP contribution is -2.45. The number of morpholine rings is 1. The highest BCUT2D eigenvalue weighted by molar-refractivity contribution is 7.13. The van der Waals surface area contributed by atoms with Crippen molar-refractivity contribution in [3.05, 3.63) is 35.8 Å². The fourth-order valence-corrected chi connectivity index (χ4v) is 2.69. The van der Waals surface area contributed by atoms with Gasteiger partial charge in [-0.3, -0.25) is 4.79 Å². The van der Waals surface area contributed by atoms with Gasteiger partial charge in [-0.25, -0.2) is 4.98 Å². The number of ether oxygens (including phenoxy) is 1. The molecule has 1 unspecified atom stereocenters. The third-order valence-electron chi connectivity index (χ3n) is 3.03. The van der Waals surface area contributed by atoms with Crippen LogP contribution in [0.4, 0.5) is 5.69 Å². The molecule has 1 aliphatic heterocycles. The summed E-state index contributed by atoms with van der Waals surface area (Å²) in [6.07, 6.45) is 1.35. The number of nitrogens with zero attached hydrogens (tertiary/aromatic N) is 1. The van der Waals surface area contributed by atoms with Crippen LogP contribution in [-0.4, -0.2) is 36.7 Å². The molecule has 1 aliphatic rings. The first kappa shape index (κ1) is 13.2. The molecule has 20 heavy (non-hydrogen) atoms. The van der Waals surface area contributed by atoms with Gasteiger partial charge in [0.1, 0.15) is 11.1 Å². The molecular formula is C14H15N3O2S. The van der Waals surface area contributed by atoms with Crippen LogP contribution >= 0.6 is 11.3 Å². The van der Waals surface area contributed by atoms with Crippen molar-refractivity contribution in [3.8, 4) is 10.6 Å². The van der Waals surface area contributed by atoms with Gasteiger partial charge in [0.15, 0.2) is 0 Å². The normalized spacial score (nSPS) is 18.7. The lowest BCUT2D eigenvalue weighted by molar-refractivity contribution is -0.128. The van der Waals surface area contributed by atoms with E-state index < -0.39 is 6.10 Å². The smallest absolute Gasteiger partial charge is 0.254 e. The minimum absolute atomic E-state index is 0.117. The molecular weight excluding hydrogens is 274 g/mol. The summed E-state index contributed by atoms with van der Waals surface area (Å²) >= 11 is 1.57. The Morgan fingerprint density at radius 3 is 3.20 bits per heavy atom. The summed E-state index contributed by atoms with van der Waals surface area (Å²) in [5.74, 6) is -0.117. The van der Waals surface area contributed by atoms with E-state index in [1.807, 2.05) is 29.6 Å². The standard InChI is InChI=1S/C14H15N3O2S/c18-13(12-9-15-4-6-19-12)17-11-3-1-2-10(8-11)14-16-5-7-20-14/h1-3,5,7-8,12,15H,4,6,9H2,(H,17,18). The van der Waals surface area contributed by atoms with Crippen molar-refractivity contribution in [2.45, 2.75) is 6.10 Å². The predicted octanol–water partition coefficient (Wildman–Crippen LogP) is 1.74. The number of thiazole rings is 1. The maximum absolute atomic E-state index is 12.1. The highest BCUT2D eigenvalue weighted by Crippen LogP contribution is 2.24. The number of carbonyl (C=O) groups is 1. The van der Waals surface area contributed by atoms with Crippen LogP contribution in [0.15, 0.2) is 35.8 Å². The maximum atomic E-state index is 12.1. The van der Waals surface area contributed by atoms with Crippen molar-refractivity contribution in [1.29, 1.82) is 0 Å². The molecule has 0 bridgehead atoms. The molecule has 0 aliphatic carbocycles. The molecule has 1 aromatic carbocycles. The highest BCUT2D eigenvalue weighted by atomic mass is 32.1. The largest absolute Gasteiger partial charge is 0.366 e. The summed E-state index contributed by atoms with van der Waals surface area (Å²) in [4.78, 5) is 16.3. The van der Waals surface area contributed by atoms with Gasteiger partial charge in [0.05, 0.1) is 6.61 Å². The van der Waals surface area contributed by atoms with Gasteiger partial charge in [0.25, 0.3) is 5.91 Å². The van der Waals surface area contributed by atoms with Crippen molar-refractivity contribution >= 4 is 22.9 Å². The summed E-state index contributed by atoms with van der Waals surface area (Å²) in [5.41, 5.74) is 1.76. The quantitative estimate of drug-likeness (QED) is 0.903. The summed E-state index contributed by atoms with van der Waals surface area (Å²) in [6, 6.07) is 7.68. The number of nitrogens with one attached hydrogen (secondary N) is 2. The van der Waals surface area contributed by atoms with E-state index in [2.05, 4.69) is 15.6 Å². The molecule has 5 nitrogen and oxygen atoms in total. The van der Waals surface area contributed by atoms with Crippen LogP contribution in [-0.2, 0) is 9.53 Å². The Labute approximate surface area is 121 Å².